The van der Waals surface area contributed by atoms with Gasteiger partial charge in [-0.3, -0.25) is 9.69 Å². The molecule has 4 nitrogen and oxygen atoms in total. The summed E-state index contributed by atoms with van der Waals surface area (Å²) in [6.07, 6.45) is 5.66. The second-order valence-corrected chi connectivity index (χ2v) is 6.83. The van der Waals surface area contributed by atoms with Crippen LogP contribution in [-0.4, -0.2) is 40.5 Å². The molecule has 3 unspecified atom stereocenters. The monoisotopic (exact) mass is 281 g/mol. The van der Waals surface area contributed by atoms with Crippen LogP contribution in [0.15, 0.2) is 30.5 Å². The number of hydrogen-bond donors (Lipinski definition) is 2. The van der Waals surface area contributed by atoms with Crippen molar-refractivity contribution >= 4 is 16.8 Å². The Hall–Kier alpha value is -1.81. The number of carbonyl (C=O) groups excluding carboxylic acids is 1. The highest BCUT2D eigenvalue weighted by molar-refractivity contribution is 5.98. The van der Waals surface area contributed by atoms with Crippen LogP contribution in [0.1, 0.15) is 29.6 Å². The Labute approximate surface area is 123 Å². The average Bonchev–Trinajstić information content (AvgIpc) is 2.91. The van der Waals surface area contributed by atoms with Gasteiger partial charge in [0.15, 0.2) is 0 Å². The minimum absolute atomic E-state index is 0.0801. The maximum absolute atomic E-state index is 12.6. The lowest BCUT2D eigenvalue weighted by Crippen LogP contribution is -2.51. The van der Waals surface area contributed by atoms with Crippen molar-refractivity contribution in [3.05, 3.63) is 36.0 Å². The van der Waals surface area contributed by atoms with Gasteiger partial charge in [-0.25, -0.2) is 0 Å². The molecule has 3 atom stereocenters. The molecule has 3 fully saturated rings. The van der Waals surface area contributed by atoms with Gasteiger partial charge in [-0.2, -0.15) is 0 Å². The Balaban J connectivity index is 1.42. The number of amides is 1. The highest BCUT2D eigenvalue weighted by atomic mass is 16.1. The number of fused-ring (bicyclic) bond motifs is 4. The highest BCUT2D eigenvalue weighted by Gasteiger charge is 2.63. The van der Waals surface area contributed by atoms with E-state index in [1.54, 1.807) is 0 Å². The van der Waals surface area contributed by atoms with Gasteiger partial charge in [0.2, 0.25) is 0 Å². The molecule has 3 aliphatic rings. The number of aromatic amines is 1. The van der Waals surface area contributed by atoms with Crippen molar-refractivity contribution in [1.82, 2.24) is 15.2 Å². The van der Waals surface area contributed by atoms with Crippen molar-refractivity contribution in [3.63, 3.8) is 0 Å². The SMILES string of the molecule is O=C(NC1C2CCN(C2)C12CC2)c1ccc2cc[nH]c2c1. The van der Waals surface area contributed by atoms with Crippen molar-refractivity contribution < 1.29 is 4.79 Å². The smallest absolute Gasteiger partial charge is 0.251 e. The summed E-state index contributed by atoms with van der Waals surface area (Å²) in [7, 11) is 0. The van der Waals surface area contributed by atoms with Crippen LogP contribution in [0, 0.1) is 5.92 Å². The summed E-state index contributed by atoms with van der Waals surface area (Å²) in [5.41, 5.74) is 2.11. The molecule has 1 aromatic heterocycles. The molecular weight excluding hydrogens is 262 g/mol. The van der Waals surface area contributed by atoms with Gasteiger partial charge in [0.05, 0.1) is 6.04 Å². The molecule has 4 heteroatoms. The van der Waals surface area contributed by atoms with E-state index in [-0.39, 0.29) is 5.91 Å². The highest BCUT2D eigenvalue weighted by Crippen LogP contribution is 2.55. The maximum atomic E-state index is 12.6. The Morgan fingerprint density at radius 2 is 2.24 bits per heavy atom. The van der Waals surface area contributed by atoms with E-state index in [1.165, 1.54) is 32.4 Å². The molecule has 2 N–H and O–H groups in total. The van der Waals surface area contributed by atoms with Crippen LogP contribution in [0.5, 0.6) is 0 Å². The summed E-state index contributed by atoms with van der Waals surface area (Å²) in [6, 6.07) is 8.28. The topological polar surface area (TPSA) is 48.1 Å². The van der Waals surface area contributed by atoms with Crippen LogP contribution in [-0.2, 0) is 0 Å². The normalized spacial score (nSPS) is 31.9. The minimum Gasteiger partial charge on any atom is -0.361 e. The first-order valence-corrected chi connectivity index (χ1v) is 7.89. The molecule has 2 saturated heterocycles. The lowest BCUT2D eigenvalue weighted by Gasteiger charge is -2.33. The van der Waals surface area contributed by atoms with Gasteiger partial charge in [-0.1, -0.05) is 6.07 Å². The molecule has 108 valence electrons. The van der Waals surface area contributed by atoms with E-state index >= 15 is 0 Å². The second kappa shape index (κ2) is 3.89. The summed E-state index contributed by atoms with van der Waals surface area (Å²) < 4.78 is 0. The molecule has 1 saturated carbocycles. The predicted octanol–water partition coefficient (Wildman–Crippen LogP) is 2.13. The third-order valence-corrected chi connectivity index (χ3v) is 5.77. The molecule has 1 spiro atoms. The Morgan fingerprint density at radius 3 is 3.10 bits per heavy atom. The van der Waals surface area contributed by atoms with E-state index in [1.807, 2.05) is 30.5 Å². The zero-order valence-corrected chi connectivity index (χ0v) is 11.9. The molecule has 3 heterocycles. The van der Waals surface area contributed by atoms with E-state index < -0.39 is 0 Å². The number of nitrogens with one attached hydrogen (secondary N) is 2. The third kappa shape index (κ3) is 1.57. The molecule has 2 aliphatic heterocycles. The fourth-order valence-corrected chi connectivity index (χ4v) is 4.52. The predicted molar refractivity (Wildman–Crippen MR) is 81.2 cm³/mol. The van der Waals surface area contributed by atoms with E-state index in [0.29, 0.717) is 17.5 Å². The molecule has 1 aliphatic carbocycles. The lowest BCUT2D eigenvalue weighted by atomic mass is 9.91. The summed E-state index contributed by atoms with van der Waals surface area (Å²) in [5, 5.41) is 4.49. The van der Waals surface area contributed by atoms with Crippen molar-refractivity contribution in [2.75, 3.05) is 13.1 Å². The molecule has 2 bridgehead atoms. The van der Waals surface area contributed by atoms with E-state index in [4.69, 9.17) is 0 Å². The Morgan fingerprint density at radius 1 is 1.33 bits per heavy atom. The standard InChI is InChI=1S/C17H19N3O/c21-16(12-2-1-11-3-7-18-14(11)9-12)19-15-13-4-8-20(10-13)17(15)5-6-17/h1-3,7,9,13,15,18H,4-6,8,10H2,(H,19,21). The zero-order valence-electron chi connectivity index (χ0n) is 11.9. The van der Waals surface area contributed by atoms with Crippen molar-refractivity contribution in [2.24, 2.45) is 5.92 Å². The van der Waals surface area contributed by atoms with Crippen LogP contribution in [0.2, 0.25) is 0 Å². The van der Waals surface area contributed by atoms with Crippen molar-refractivity contribution in [3.8, 4) is 0 Å². The van der Waals surface area contributed by atoms with Gasteiger partial charge in [0.1, 0.15) is 0 Å². The fraction of sp³-hybridized carbons (Fsp3) is 0.471. The van der Waals surface area contributed by atoms with Crippen LogP contribution >= 0.6 is 0 Å². The van der Waals surface area contributed by atoms with Crippen molar-refractivity contribution in [1.29, 1.82) is 0 Å². The first-order valence-electron chi connectivity index (χ1n) is 7.89. The Bertz CT molecular complexity index is 730. The number of nitrogens with zero attached hydrogens (tertiary/aromatic N) is 1. The molecule has 0 radical (unpaired) electrons. The molecule has 2 aromatic rings. The maximum Gasteiger partial charge on any atom is 0.251 e. The summed E-state index contributed by atoms with van der Waals surface area (Å²) >= 11 is 0. The van der Waals surface area contributed by atoms with E-state index in [2.05, 4.69) is 15.2 Å². The van der Waals surface area contributed by atoms with Crippen LogP contribution in [0.3, 0.4) is 0 Å². The van der Waals surface area contributed by atoms with Gasteiger partial charge >= 0.3 is 0 Å². The van der Waals surface area contributed by atoms with E-state index in [0.717, 1.165) is 16.5 Å². The number of rotatable bonds is 2. The largest absolute Gasteiger partial charge is 0.361 e. The number of carbonyl (C=O) groups is 1. The van der Waals surface area contributed by atoms with Gasteiger partial charge in [-0.15, -0.1) is 0 Å². The Kier molecular flexibility index (Phi) is 2.19. The quantitative estimate of drug-likeness (QED) is 0.886. The zero-order chi connectivity index (χ0) is 14.0. The summed E-state index contributed by atoms with van der Waals surface area (Å²) in [6.45, 7) is 2.41. The number of piperidine rings is 1. The van der Waals surface area contributed by atoms with Gasteiger partial charge in [0, 0.05) is 29.4 Å². The first-order chi connectivity index (χ1) is 10.3. The third-order valence-electron chi connectivity index (χ3n) is 5.77. The molecular formula is C17H19N3O. The molecule has 5 rings (SSSR count). The molecule has 1 amide bonds. The lowest BCUT2D eigenvalue weighted by molar-refractivity contribution is 0.0892. The molecule has 21 heavy (non-hydrogen) atoms. The fourth-order valence-electron chi connectivity index (χ4n) is 4.52. The van der Waals surface area contributed by atoms with Crippen LogP contribution in [0.25, 0.3) is 10.9 Å². The first kappa shape index (κ1) is 11.8. The number of benzene rings is 1. The van der Waals surface area contributed by atoms with Gasteiger partial charge < -0.3 is 10.3 Å². The van der Waals surface area contributed by atoms with Gasteiger partial charge in [0.25, 0.3) is 5.91 Å². The van der Waals surface area contributed by atoms with E-state index in [9.17, 15) is 4.79 Å². The second-order valence-electron chi connectivity index (χ2n) is 6.83. The van der Waals surface area contributed by atoms with Crippen LogP contribution < -0.4 is 5.32 Å². The van der Waals surface area contributed by atoms with Crippen molar-refractivity contribution in [2.45, 2.75) is 30.8 Å². The minimum atomic E-state index is 0.0801. The molecule has 1 aromatic carbocycles. The average molecular weight is 281 g/mol. The number of hydrogen-bond acceptors (Lipinski definition) is 2. The summed E-state index contributed by atoms with van der Waals surface area (Å²) in [4.78, 5) is 18.4. The summed E-state index contributed by atoms with van der Waals surface area (Å²) in [5.74, 6) is 0.738. The van der Waals surface area contributed by atoms with Gasteiger partial charge in [-0.05, 0) is 55.3 Å². The number of aromatic nitrogens is 1. The van der Waals surface area contributed by atoms with Crippen LogP contribution in [0.4, 0.5) is 0 Å². The number of H-pyrrole nitrogens is 1.